The molecule has 1 aliphatic rings. The Morgan fingerprint density at radius 3 is 2.75 bits per heavy atom. The minimum absolute atomic E-state index is 0.461. The molecule has 12 heavy (non-hydrogen) atoms. The van der Waals surface area contributed by atoms with E-state index in [9.17, 15) is 4.79 Å². The normalized spacial score (nSPS) is 19.2. The van der Waals surface area contributed by atoms with Gasteiger partial charge in [0.25, 0.3) is 0 Å². The number of Topliss-reactive ketones (excluding diaryl/α,β-unsaturated/α-hetero) is 1. The van der Waals surface area contributed by atoms with Crippen LogP contribution in [0.15, 0.2) is 0 Å². The Labute approximate surface area is 79.3 Å². The average molecular weight is 186 g/mol. The molecular formula is C10H18OS. The number of carbonyl (C=O) groups excluding carboxylic acids is 1. The third-order valence-corrected chi connectivity index (χ3v) is 3.71. The van der Waals surface area contributed by atoms with Crippen molar-refractivity contribution in [3.63, 3.8) is 0 Å². The molecule has 1 fully saturated rings. The van der Waals surface area contributed by atoms with Crippen LogP contribution in [-0.2, 0) is 4.79 Å². The predicted molar refractivity (Wildman–Crippen MR) is 54.6 cm³/mol. The van der Waals surface area contributed by atoms with Crippen molar-refractivity contribution >= 4 is 17.5 Å². The first-order valence-electron chi connectivity index (χ1n) is 4.85. The Morgan fingerprint density at radius 2 is 2.25 bits per heavy atom. The number of hydrogen-bond donors (Lipinski definition) is 0. The van der Waals surface area contributed by atoms with E-state index in [4.69, 9.17) is 0 Å². The summed E-state index contributed by atoms with van der Waals surface area (Å²) in [4.78, 5) is 11.3. The van der Waals surface area contributed by atoms with Crippen molar-refractivity contribution in [1.29, 1.82) is 0 Å². The largest absolute Gasteiger partial charge is 0.299 e. The molecule has 1 atom stereocenters. The first-order chi connectivity index (χ1) is 5.72. The third-order valence-electron chi connectivity index (χ3n) is 2.32. The SMILES string of the molecule is CCC(C)SCC(=O)CC1CC1. The summed E-state index contributed by atoms with van der Waals surface area (Å²) >= 11 is 1.80. The van der Waals surface area contributed by atoms with Gasteiger partial charge >= 0.3 is 0 Å². The predicted octanol–water partition coefficient (Wildman–Crippen LogP) is 2.89. The van der Waals surface area contributed by atoms with Crippen molar-refractivity contribution in [2.24, 2.45) is 5.92 Å². The molecule has 1 saturated carbocycles. The molecule has 0 aromatic rings. The highest BCUT2D eigenvalue weighted by Gasteiger charge is 2.24. The number of carbonyl (C=O) groups is 1. The summed E-state index contributed by atoms with van der Waals surface area (Å²) < 4.78 is 0. The van der Waals surface area contributed by atoms with Gasteiger partial charge in [0.1, 0.15) is 5.78 Å². The molecule has 1 nitrogen and oxygen atoms in total. The van der Waals surface area contributed by atoms with Crippen LogP contribution in [0.3, 0.4) is 0 Å². The molecular weight excluding hydrogens is 168 g/mol. The number of ketones is 1. The summed E-state index contributed by atoms with van der Waals surface area (Å²) in [5.74, 6) is 1.96. The van der Waals surface area contributed by atoms with Gasteiger partial charge in [-0.2, -0.15) is 11.8 Å². The van der Waals surface area contributed by atoms with Crippen LogP contribution in [0.25, 0.3) is 0 Å². The van der Waals surface area contributed by atoms with Crippen molar-refractivity contribution in [2.45, 2.75) is 44.8 Å². The zero-order valence-electron chi connectivity index (χ0n) is 8.01. The first kappa shape index (κ1) is 10.1. The molecule has 0 bridgehead atoms. The topological polar surface area (TPSA) is 17.1 Å². The van der Waals surface area contributed by atoms with E-state index in [2.05, 4.69) is 13.8 Å². The summed E-state index contributed by atoms with van der Waals surface area (Å²) in [6.45, 7) is 4.36. The van der Waals surface area contributed by atoms with Gasteiger partial charge in [-0.05, 0) is 25.2 Å². The monoisotopic (exact) mass is 186 g/mol. The van der Waals surface area contributed by atoms with E-state index < -0.39 is 0 Å². The summed E-state index contributed by atoms with van der Waals surface area (Å²) in [6.07, 6.45) is 4.60. The van der Waals surface area contributed by atoms with E-state index in [1.54, 1.807) is 11.8 Å². The van der Waals surface area contributed by atoms with Gasteiger partial charge in [-0.3, -0.25) is 4.79 Å². The summed E-state index contributed by atoms with van der Waals surface area (Å²) in [7, 11) is 0. The lowest BCUT2D eigenvalue weighted by Gasteiger charge is -2.06. The molecule has 2 heteroatoms. The van der Waals surface area contributed by atoms with Crippen LogP contribution in [0, 0.1) is 5.92 Å². The van der Waals surface area contributed by atoms with Crippen molar-refractivity contribution < 1.29 is 4.79 Å². The van der Waals surface area contributed by atoms with Gasteiger partial charge in [0.05, 0.1) is 5.75 Å². The van der Waals surface area contributed by atoms with E-state index in [0.29, 0.717) is 11.0 Å². The molecule has 0 N–H and O–H groups in total. The molecule has 0 radical (unpaired) electrons. The molecule has 0 aromatic carbocycles. The maximum Gasteiger partial charge on any atom is 0.143 e. The fourth-order valence-corrected chi connectivity index (χ4v) is 1.88. The zero-order valence-corrected chi connectivity index (χ0v) is 8.82. The lowest BCUT2D eigenvalue weighted by atomic mass is 10.2. The molecule has 1 unspecified atom stereocenters. The fraction of sp³-hybridized carbons (Fsp3) is 0.900. The highest BCUT2D eigenvalue weighted by Crippen LogP contribution is 2.33. The molecule has 0 saturated heterocycles. The van der Waals surface area contributed by atoms with Gasteiger partial charge in [0, 0.05) is 11.7 Å². The minimum atomic E-state index is 0.461. The highest BCUT2D eigenvalue weighted by atomic mass is 32.2. The standard InChI is InChI=1S/C10H18OS/c1-3-8(2)12-7-10(11)6-9-4-5-9/h8-9H,3-7H2,1-2H3. The quantitative estimate of drug-likeness (QED) is 0.634. The number of thioether (sulfide) groups is 1. The molecule has 0 heterocycles. The van der Waals surface area contributed by atoms with Crippen molar-refractivity contribution in [3.05, 3.63) is 0 Å². The third kappa shape index (κ3) is 4.15. The summed E-state index contributed by atoms with van der Waals surface area (Å²) in [6, 6.07) is 0. The van der Waals surface area contributed by atoms with Gasteiger partial charge < -0.3 is 0 Å². The van der Waals surface area contributed by atoms with Gasteiger partial charge in [0.15, 0.2) is 0 Å². The van der Waals surface area contributed by atoms with Crippen LogP contribution in [0.2, 0.25) is 0 Å². The van der Waals surface area contributed by atoms with Crippen molar-refractivity contribution in [2.75, 3.05) is 5.75 Å². The van der Waals surface area contributed by atoms with Crippen LogP contribution >= 0.6 is 11.8 Å². The fourth-order valence-electron chi connectivity index (χ4n) is 1.06. The molecule has 0 aromatic heterocycles. The molecule has 0 amide bonds. The number of hydrogen-bond acceptors (Lipinski definition) is 2. The first-order valence-corrected chi connectivity index (χ1v) is 5.90. The molecule has 0 spiro atoms. The maximum absolute atomic E-state index is 11.3. The zero-order chi connectivity index (χ0) is 8.97. The molecule has 0 aliphatic heterocycles. The van der Waals surface area contributed by atoms with Gasteiger partial charge in [0.2, 0.25) is 0 Å². The summed E-state index contributed by atoms with van der Waals surface area (Å²) in [5.41, 5.74) is 0. The second-order valence-corrected chi connectivity index (χ2v) is 5.14. The lowest BCUT2D eigenvalue weighted by Crippen LogP contribution is -2.05. The molecule has 1 aliphatic carbocycles. The Morgan fingerprint density at radius 1 is 1.58 bits per heavy atom. The van der Waals surface area contributed by atoms with Crippen LogP contribution < -0.4 is 0 Å². The van der Waals surface area contributed by atoms with Crippen LogP contribution in [0.5, 0.6) is 0 Å². The molecule has 70 valence electrons. The van der Waals surface area contributed by atoms with E-state index in [0.717, 1.165) is 18.1 Å². The van der Waals surface area contributed by atoms with Gasteiger partial charge in [-0.25, -0.2) is 0 Å². The van der Waals surface area contributed by atoms with Crippen LogP contribution in [0.4, 0.5) is 0 Å². The smallest absolute Gasteiger partial charge is 0.143 e. The van der Waals surface area contributed by atoms with E-state index in [1.807, 2.05) is 0 Å². The van der Waals surface area contributed by atoms with E-state index in [-0.39, 0.29) is 0 Å². The van der Waals surface area contributed by atoms with Crippen LogP contribution in [-0.4, -0.2) is 16.8 Å². The Balaban J connectivity index is 2.00. The van der Waals surface area contributed by atoms with Gasteiger partial charge in [-0.15, -0.1) is 0 Å². The van der Waals surface area contributed by atoms with Crippen LogP contribution in [0.1, 0.15) is 39.5 Å². The summed E-state index contributed by atoms with van der Waals surface area (Å²) in [5, 5.41) is 0.646. The lowest BCUT2D eigenvalue weighted by molar-refractivity contribution is -0.116. The second kappa shape index (κ2) is 4.90. The Hall–Kier alpha value is 0.0200. The Bertz CT molecular complexity index is 152. The number of rotatable bonds is 6. The maximum atomic E-state index is 11.3. The van der Waals surface area contributed by atoms with E-state index >= 15 is 0 Å². The van der Waals surface area contributed by atoms with Crippen molar-refractivity contribution in [1.82, 2.24) is 0 Å². The Kier molecular flexibility index (Phi) is 4.13. The van der Waals surface area contributed by atoms with Gasteiger partial charge in [-0.1, -0.05) is 13.8 Å². The average Bonchev–Trinajstić information content (AvgIpc) is 2.84. The second-order valence-electron chi connectivity index (χ2n) is 3.72. The minimum Gasteiger partial charge on any atom is -0.299 e. The van der Waals surface area contributed by atoms with Crippen molar-refractivity contribution in [3.8, 4) is 0 Å². The van der Waals surface area contributed by atoms with E-state index in [1.165, 1.54) is 19.3 Å². The molecule has 1 rings (SSSR count). The highest BCUT2D eigenvalue weighted by molar-refractivity contribution is 8.00.